The van der Waals surface area contributed by atoms with Gasteiger partial charge < -0.3 is 25.1 Å². The Hall–Kier alpha value is -3.43. The first-order valence-corrected chi connectivity index (χ1v) is 12.1. The van der Waals surface area contributed by atoms with Crippen LogP contribution in [0.3, 0.4) is 0 Å². The molecule has 0 spiro atoms. The summed E-state index contributed by atoms with van der Waals surface area (Å²) >= 11 is 0. The molecule has 2 aromatic carbocycles. The molecule has 3 saturated carbocycles. The van der Waals surface area contributed by atoms with Crippen molar-refractivity contribution in [2.24, 2.45) is 16.3 Å². The SMILES string of the molecule is COc1cc2c(cc1OCC13CC(C1)C3)c(=N[C@H](C)c1cc(N)cc(C(F)(F)F)c1)nc1n2CCN1. The number of nitrogen functional groups attached to an aromatic ring is 1. The van der Waals surface area contributed by atoms with E-state index in [4.69, 9.17) is 25.2 Å². The first-order valence-electron chi connectivity index (χ1n) is 12.1. The minimum atomic E-state index is -4.49. The summed E-state index contributed by atoms with van der Waals surface area (Å²) in [5.41, 5.74) is 6.99. The van der Waals surface area contributed by atoms with Gasteiger partial charge in [0.05, 0.1) is 30.8 Å². The van der Waals surface area contributed by atoms with Gasteiger partial charge in [-0.1, -0.05) is 0 Å². The quantitative estimate of drug-likeness (QED) is 0.471. The molecule has 3 aliphatic carbocycles. The van der Waals surface area contributed by atoms with E-state index in [2.05, 4.69) is 9.88 Å². The number of rotatable bonds is 6. The Morgan fingerprint density at radius 1 is 1.19 bits per heavy atom. The molecule has 2 heterocycles. The zero-order valence-corrected chi connectivity index (χ0v) is 20.2. The van der Waals surface area contributed by atoms with Crippen molar-refractivity contribution in [1.29, 1.82) is 0 Å². The summed E-state index contributed by atoms with van der Waals surface area (Å²) in [6.07, 6.45) is -0.834. The highest BCUT2D eigenvalue weighted by atomic mass is 19.4. The molecule has 0 unspecified atom stereocenters. The van der Waals surface area contributed by atoms with Gasteiger partial charge in [-0.15, -0.1) is 0 Å². The second-order valence-electron chi connectivity index (χ2n) is 10.3. The summed E-state index contributed by atoms with van der Waals surface area (Å²) in [7, 11) is 1.62. The molecular formula is C26H28F3N5O2. The van der Waals surface area contributed by atoms with Crippen LogP contribution in [0.4, 0.5) is 24.8 Å². The van der Waals surface area contributed by atoms with Crippen LogP contribution in [-0.2, 0) is 12.7 Å². The molecule has 190 valence electrons. The topological polar surface area (TPSA) is 86.7 Å². The van der Waals surface area contributed by atoms with Crippen LogP contribution in [0, 0.1) is 11.3 Å². The number of fused-ring (bicyclic) bond motifs is 3. The summed E-state index contributed by atoms with van der Waals surface area (Å²) in [6, 6.07) is 6.76. The number of halogens is 3. The lowest BCUT2D eigenvalue weighted by Crippen LogP contribution is -2.55. The molecule has 3 aromatic rings. The van der Waals surface area contributed by atoms with E-state index in [-0.39, 0.29) is 5.69 Å². The third-order valence-corrected chi connectivity index (χ3v) is 7.70. The number of alkyl halides is 3. The molecule has 2 bridgehead atoms. The Balaban J connectivity index is 1.45. The zero-order chi connectivity index (χ0) is 25.2. The molecule has 3 fully saturated rings. The van der Waals surface area contributed by atoms with Crippen molar-refractivity contribution in [1.82, 2.24) is 9.55 Å². The number of methoxy groups -OCH3 is 1. The Morgan fingerprint density at radius 2 is 1.97 bits per heavy atom. The van der Waals surface area contributed by atoms with E-state index in [9.17, 15) is 13.2 Å². The van der Waals surface area contributed by atoms with Crippen molar-refractivity contribution in [3.63, 3.8) is 0 Å². The molecule has 0 radical (unpaired) electrons. The zero-order valence-electron chi connectivity index (χ0n) is 20.2. The van der Waals surface area contributed by atoms with E-state index >= 15 is 0 Å². The van der Waals surface area contributed by atoms with E-state index in [1.165, 1.54) is 25.3 Å². The minimum Gasteiger partial charge on any atom is -0.493 e. The first kappa shape index (κ1) is 23.0. The van der Waals surface area contributed by atoms with Crippen LogP contribution in [0.5, 0.6) is 11.5 Å². The summed E-state index contributed by atoms with van der Waals surface area (Å²) in [5, 5.41) is 4.00. The highest BCUT2D eigenvalue weighted by Crippen LogP contribution is 2.64. The largest absolute Gasteiger partial charge is 0.493 e. The Morgan fingerprint density at radius 3 is 2.64 bits per heavy atom. The smallest absolute Gasteiger partial charge is 0.416 e. The van der Waals surface area contributed by atoms with Gasteiger partial charge in [0.15, 0.2) is 17.0 Å². The average Bonchev–Trinajstić information content (AvgIpc) is 3.24. The van der Waals surface area contributed by atoms with Crippen LogP contribution >= 0.6 is 0 Å². The number of hydrogen-bond acceptors (Lipinski definition) is 6. The lowest BCUT2D eigenvalue weighted by atomic mass is 9.45. The van der Waals surface area contributed by atoms with Gasteiger partial charge >= 0.3 is 6.18 Å². The lowest BCUT2D eigenvalue weighted by molar-refractivity contribution is -0.137. The van der Waals surface area contributed by atoms with Crippen molar-refractivity contribution < 1.29 is 22.6 Å². The third-order valence-electron chi connectivity index (χ3n) is 7.70. The second-order valence-corrected chi connectivity index (χ2v) is 10.3. The molecule has 4 aliphatic rings. The van der Waals surface area contributed by atoms with Crippen molar-refractivity contribution >= 4 is 22.5 Å². The molecule has 3 N–H and O–H groups in total. The van der Waals surface area contributed by atoms with Gasteiger partial charge in [0, 0.05) is 35.6 Å². The van der Waals surface area contributed by atoms with E-state index in [1.807, 2.05) is 12.1 Å². The van der Waals surface area contributed by atoms with Crippen LogP contribution in [0.15, 0.2) is 35.3 Å². The number of anilines is 2. The normalized spacial score (nSPS) is 23.5. The number of ether oxygens (including phenoxy) is 2. The van der Waals surface area contributed by atoms with Gasteiger partial charge in [-0.2, -0.15) is 18.2 Å². The van der Waals surface area contributed by atoms with Gasteiger partial charge in [-0.3, -0.25) is 4.99 Å². The number of nitrogens with zero attached hydrogens (tertiary/aromatic N) is 3. The van der Waals surface area contributed by atoms with Crippen LogP contribution in [0.25, 0.3) is 10.9 Å². The van der Waals surface area contributed by atoms with E-state index < -0.39 is 17.8 Å². The standard InChI is InChI=1S/C26H28F3N5O2/c1-14(16-5-17(26(27,28)29)7-18(30)6-16)32-23-19-8-22(36-13-25-10-15(11-25)12-25)21(35-2)9-20(19)34-4-3-31-24(34)33-23/h5-9,14-15H,3-4,10-13,30H2,1-2H3,(H,31,32,33)/t14-,15?,25?/m1/s1. The summed E-state index contributed by atoms with van der Waals surface area (Å²) in [5.74, 6) is 2.77. The molecule has 0 amide bonds. The van der Waals surface area contributed by atoms with E-state index in [0.29, 0.717) is 40.5 Å². The molecule has 36 heavy (non-hydrogen) atoms. The molecule has 1 aliphatic heterocycles. The molecule has 1 aromatic heterocycles. The molecule has 0 saturated heterocycles. The molecule has 10 heteroatoms. The fraction of sp³-hybridized carbons (Fsp3) is 0.462. The van der Waals surface area contributed by atoms with Crippen molar-refractivity contribution in [2.75, 3.05) is 31.3 Å². The number of hydrogen-bond donors (Lipinski definition) is 2. The van der Waals surface area contributed by atoms with Gasteiger partial charge in [0.1, 0.15) is 0 Å². The number of nitrogens with two attached hydrogens (primary N) is 1. The first-order chi connectivity index (χ1) is 17.1. The van der Waals surface area contributed by atoms with E-state index in [1.54, 1.807) is 14.0 Å². The maximum Gasteiger partial charge on any atom is 0.416 e. The molecule has 1 atom stereocenters. The fourth-order valence-corrected chi connectivity index (χ4v) is 5.70. The van der Waals surface area contributed by atoms with Crippen molar-refractivity contribution in [3.8, 4) is 11.5 Å². The van der Waals surface area contributed by atoms with Gasteiger partial charge in [0.25, 0.3) is 0 Å². The number of aromatic nitrogens is 2. The van der Waals surface area contributed by atoms with Crippen LogP contribution < -0.4 is 26.0 Å². The highest BCUT2D eigenvalue weighted by molar-refractivity contribution is 5.83. The van der Waals surface area contributed by atoms with E-state index in [0.717, 1.165) is 42.0 Å². The van der Waals surface area contributed by atoms with Gasteiger partial charge in [-0.25, -0.2) is 0 Å². The predicted molar refractivity (Wildman–Crippen MR) is 130 cm³/mol. The monoisotopic (exact) mass is 499 g/mol. The van der Waals surface area contributed by atoms with Crippen LogP contribution in [0.2, 0.25) is 0 Å². The predicted octanol–water partition coefficient (Wildman–Crippen LogP) is 4.91. The summed E-state index contributed by atoms with van der Waals surface area (Å²) < 4.78 is 54.1. The lowest BCUT2D eigenvalue weighted by Gasteiger charge is -2.61. The Labute approximate surface area is 206 Å². The second kappa shape index (κ2) is 8.04. The molecule has 7 nitrogen and oxygen atoms in total. The van der Waals surface area contributed by atoms with Crippen molar-refractivity contribution in [3.05, 3.63) is 46.9 Å². The Kier molecular flexibility index (Phi) is 5.14. The minimum absolute atomic E-state index is 0.0416. The maximum absolute atomic E-state index is 13.4. The summed E-state index contributed by atoms with van der Waals surface area (Å²) in [6.45, 7) is 3.83. The highest BCUT2D eigenvalue weighted by Gasteiger charge is 2.57. The maximum atomic E-state index is 13.4. The molecular weight excluding hydrogens is 471 g/mol. The average molecular weight is 500 g/mol. The fourth-order valence-electron chi connectivity index (χ4n) is 5.70. The van der Waals surface area contributed by atoms with Gasteiger partial charge in [-0.05, 0) is 61.9 Å². The van der Waals surface area contributed by atoms with Crippen LogP contribution in [-0.4, -0.2) is 29.8 Å². The molecule has 7 rings (SSSR count). The van der Waals surface area contributed by atoms with Crippen LogP contribution in [0.1, 0.15) is 43.4 Å². The Bertz CT molecular complexity index is 1410. The third kappa shape index (κ3) is 3.83. The number of benzene rings is 2. The number of nitrogens with one attached hydrogen (secondary N) is 1. The van der Waals surface area contributed by atoms with Gasteiger partial charge in [0.2, 0.25) is 5.95 Å². The van der Waals surface area contributed by atoms with Crippen molar-refractivity contribution in [2.45, 2.75) is 44.9 Å². The summed E-state index contributed by atoms with van der Waals surface area (Å²) in [4.78, 5) is 9.47.